The second-order valence-electron chi connectivity index (χ2n) is 7.55. The Morgan fingerprint density at radius 2 is 1.76 bits per heavy atom. The molecule has 170 valence electrons. The van der Waals surface area contributed by atoms with E-state index in [1.165, 1.54) is 0 Å². The van der Waals surface area contributed by atoms with Gasteiger partial charge in [0.1, 0.15) is 11.9 Å². The minimum absolute atomic E-state index is 0.180. The lowest BCUT2D eigenvalue weighted by molar-refractivity contribution is -0.118. The van der Waals surface area contributed by atoms with Crippen LogP contribution in [-0.4, -0.2) is 29.7 Å². The highest BCUT2D eigenvalue weighted by Gasteiger charge is 2.22. The summed E-state index contributed by atoms with van der Waals surface area (Å²) < 4.78 is 12.6. The summed E-state index contributed by atoms with van der Waals surface area (Å²) in [5.74, 6) is 1.70. The molecule has 0 fully saturated rings. The van der Waals surface area contributed by atoms with E-state index < -0.39 is 6.04 Å². The summed E-state index contributed by atoms with van der Waals surface area (Å²) in [7, 11) is 3.12. The average molecular weight is 484 g/mol. The number of carbonyl (C=O) groups is 1. The maximum Gasteiger partial charge on any atom is 0.247 e. The summed E-state index contributed by atoms with van der Waals surface area (Å²) >= 11 is 12.3. The first kappa shape index (κ1) is 23.0. The van der Waals surface area contributed by atoms with Crippen LogP contribution in [0.2, 0.25) is 10.0 Å². The van der Waals surface area contributed by atoms with Crippen molar-refractivity contribution < 1.29 is 14.3 Å². The van der Waals surface area contributed by atoms with Gasteiger partial charge in [0.2, 0.25) is 5.91 Å². The van der Waals surface area contributed by atoms with Crippen LogP contribution >= 0.6 is 23.2 Å². The Bertz CT molecular complexity index is 1320. The largest absolute Gasteiger partial charge is 0.493 e. The van der Waals surface area contributed by atoms with Crippen molar-refractivity contribution in [2.45, 2.75) is 19.4 Å². The first-order valence-electron chi connectivity index (χ1n) is 10.3. The molecule has 0 aliphatic carbocycles. The van der Waals surface area contributed by atoms with Crippen LogP contribution < -0.4 is 14.8 Å². The highest BCUT2D eigenvalue weighted by Crippen LogP contribution is 2.31. The molecule has 1 amide bonds. The van der Waals surface area contributed by atoms with E-state index in [2.05, 4.69) is 5.32 Å². The van der Waals surface area contributed by atoms with Crippen molar-refractivity contribution >= 4 is 45.8 Å². The number of carbonyl (C=O) groups excluding carboxylic acids is 1. The molecule has 0 aliphatic rings. The van der Waals surface area contributed by atoms with Gasteiger partial charge in [0.15, 0.2) is 11.5 Å². The Balaban J connectivity index is 1.67. The van der Waals surface area contributed by atoms with Crippen LogP contribution in [0.25, 0.3) is 11.0 Å². The molecule has 0 saturated heterocycles. The summed E-state index contributed by atoms with van der Waals surface area (Å²) in [6.45, 7) is 1.85. The molecule has 0 spiro atoms. The molecule has 33 heavy (non-hydrogen) atoms. The number of rotatable bonds is 7. The minimum atomic E-state index is -0.525. The van der Waals surface area contributed by atoms with Crippen LogP contribution in [-0.2, 0) is 11.2 Å². The van der Waals surface area contributed by atoms with E-state index in [-0.39, 0.29) is 5.91 Å². The lowest BCUT2D eigenvalue weighted by Crippen LogP contribution is -2.25. The van der Waals surface area contributed by atoms with Crippen molar-refractivity contribution in [3.05, 3.63) is 82.1 Å². The molecule has 3 aromatic carbocycles. The molecule has 0 radical (unpaired) electrons. The number of hydrogen-bond donors (Lipinski definition) is 1. The monoisotopic (exact) mass is 483 g/mol. The molecule has 4 aromatic rings. The van der Waals surface area contributed by atoms with Crippen LogP contribution in [0.5, 0.6) is 11.5 Å². The van der Waals surface area contributed by atoms with Crippen LogP contribution in [0.15, 0.2) is 60.7 Å². The number of benzene rings is 3. The number of nitrogens with zero attached hydrogens (tertiary/aromatic N) is 2. The second kappa shape index (κ2) is 9.73. The summed E-state index contributed by atoms with van der Waals surface area (Å²) in [6.07, 6.45) is 0.500. The third-order valence-electron chi connectivity index (χ3n) is 5.43. The molecule has 1 heterocycles. The molecule has 1 atom stereocenters. The summed E-state index contributed by atoms with van der Waals surface area (Å²) in [5.41, 5.74) is 3.26. The van der Waals surface area contributed by atoms with Gasteiger partial charge in [-0.15, -0.1) is 0 Å². The van der Waals surface area contributed by atoms with Crippen molar-refractivity contribution in [1.82, 2.24) is 9.55 Å². The molecular formula is C25H23Cl2N3O3. The summed E-state index contributed by atoms with van der Waals surface area (Å²) in [5, 5.41) is 3.95. The van der Waals surface area contributed by atoms with E-state index >= 15 is 0 Å². The first-order valence-corrected chi connectivity index (χ1v) is 11.1. The molecule has 0 aliphatic heterocycles. The van der Waals surface area contributed by atoms with Crippen molar-refractivity contribution in [3.63, 3.8) is 0 Å². The smallest absolute Gasteiger partial charge is 0.247 e. The zero-order valence-electron chi connectivity index (χ0n) is 18.4. The van der Waals surface area contributed by atoms with Crippen molar-refractivity contribution in [1.29, 1.82) is 0 Å². The Labute approximate surface area is 202 Å². The number of para-hydroxylation sites is 2. The van der Waals surface area contributed by atoms with Gasteiger partial charge in [-0.05, 0) is 48.9 Å². The number of amides is 1. The lowest BCUT2D eigenvalue weighted by atomic mass is 10.1. The number of halogens is 2. The topological polar surface area (TPSA) is 65.4 Å². The number of anilines is 1. The van der Waals surface area contributed by atoms with Gasteiger partial charge < -0.3 is 19.4 Å². The van der Waals surface area contributed by atoms with Gasteiger partial charge in [0.05, 0.1) is 35.3 Å². The Morgan fingerprint density at radius 1 is 1.00 bits per heavy atom. The number of hydrogen-bond acceptors (Lipinski definition) is 4. The van der Waals surface area contributed by atoms with Crippen LogP contribution in [0.3, 0.4) is 0 Å². The van der Waals surface area contributed by atoms with Gasteiger partial charge in [-0.2, -0.15) is 0 Å². The third kappa shape index (κ3) is 4.77. The number of methoxy groups -OCH3 is 2. The number of imidazole rings is 1. The molecule has 1 unspecified atom stereocenters. The fraction of sp³-hybridized carbons (Fsp3) is 0.200. The van der Waals surface area contributed by atoms with Crippen LogP contribution in [0.4, 0.5) is 5.69 Å². The Morgan fingerprint density at radius 3 is 2.48 bits per heavy atom. The van der Waals surface area contributed by atoms with Gasteiger partial charge in [-0.1, -0.05) is 41.4 Å². The maximum atomic E-state index is 13.2. The Hall–Kier alpha value is -3.22. The fourth-order valence-corrected chi connectivity index (χ4v) is 4.08. The standard InChI is InChI=1S/C25H23Cl2N3O3/c1-15(25(31)28-17-9-11-22(32-2)23(14-17)33-3)30-21-7-5-4-6-20(21)29-24(30)13-16-8-10-18(26)19(27)12-16/h4-12,14-15H,13H2,1-3H3,(H,28,31). The van der Waals surface area contributed by atoms with Crippen molar-refractivity contribution in [2.75, 3.05) is 19.5 Å². The normalized spacial score (nSPS) is 11.9. The molecule has 4 rings (SSSR count). The van der Waals surface area contributed by atoms with E-state index in [4.69, 9.17) is 37.7 Å². The minimum Gasteiger partial charge on any atom is -0.493 e. The maximum absolute atomic E-state index is 13.2. The van der Waals surface area contributed by atoms with E-state index in [1.54, 1.807) is 38.5 Å². The van der Waals surface area contributed by atoms with Crippen LogP contribution in [0, 0.1) is 0 Å². The quantitative estimate of drug-likeness (QED) is 0.342. The predicted molar refractivity (Wildman–Crippen MR) is 132 cm³/mol. The van der Waals surface area contributed by atoms with Crippen LogP contribution in [0.1, 0.15) is 24.4 Å². The van der Waals surface area contributed by atoms with Gasteiger partial charge in [0.25, 0.3) is 0 Å². The SMILES string of the molecule is COc1ccc(NC(=O)C(C)n2c(Cc3ccc(Cl)c(Cl)c3)nc3ccccc32)cc1OC. The number of ether oxygens (including phenoxy) is 2. The molecule has 0 saturated carbocycles. The zero-order valence-corrected chi connectivity index (χ0v) is 19.9. The zero-order chi connectivity index (χ0) is 23.5. The molecular weight excluding hydrogens is 461 g/mol. The molecule has 0 bridgehead atoms. The van der Waals surface area contributed by atoms with E-state index in [0.717, 1.165) is 22.4 Å². The highest BCUT2D eigenvalue weighted by atomic mass is 35.5. The predicted octanol–water partition coefficient (Wildman–Crippen LogP) is 6.15. The summed E-state index contributed by atoms with van der Waals surface area (Å²) in [4.78, 5) is 18.0. The highest BCUT2D eigenvalue weighted by molar-refractivity contribution is 6.42. The van der Waals surface area contributed by atoms with E-state index in [9.17, 15) is 4.79 Å². The van der Waals surface area contributed by atoms with E-state index in [0.29, 0.717) is 33.7 Å². The summed E-state index contributed by atoms with van der Waals surface area (Å²) in [6, 6.07) is 18.0. The molecule has 1 aromatic heterocycles. The number of nitrogens with one attached hydrogen (secondary N) is 1. The van der Waals surface area contributed by atoms with Crippen molar-refractivity contribution in [2.24, 2.45) is 0 Å². The third-order valence-corrected chi connectivity index (χ3v) is 6.17. The molecule has 6 nitrogen and oxygen atoms in total. The van der Waals surface area contributed by atoms with Gasteiger partial charge in [0, 0.05) is 18.2 Å². The Kier molecular flexibility index (Phi) is 6.77. The molecule has 1 N–H and O–H groups in total. The van der Waals surface area contributed by atoms with Gasteiger partial charge in [-0.3, -0.25) is 4.79 Å². The average Bonchev–Trinajstić information content (AvgIpc) is 3.18. The van der Waals surface area contributed by atoms with Gasteiger partial charge in [-0.25, -0.2) is 4.98 Å². The van der Waals surface area contributed by atoms with Gasteiger partial charge >= 0.3 is 0 Å². The fourth-order valence-electron chi connectivity index (χ4n) is 3.76. The lowest BCUT2D eigenvalue weighted by Gasteiger charge is -2.18. The van der Waals surface area contributed by atoms with Crippen molar-refractivity contribution in [3.8, 4) is 11.5 Å². The first-order chi connectivity index (χ1) is 15.9. The molecule has 8 heteroatoms. The second-order valence-corrected chi connectivity index (χ2v) is 8.36. The van der Waals surface area contributed by atoms with E-state index in [1.807, 2.05) is 47.9 Å². The number of aromatic nitrogens is 2. The number of fused-ring (bicyclic) bond motifs is 1.